The summed E-state index contributed by atoms with van der Waals surface area (Å²) in [6, 6.07) is 0. The molecule has 0 heteroatoms. The van der Waals surface area contributed by atoms with Crippen molar-refractivity contribution in [3.8, 4) is 0 Å². The molecule has 0 bridgehead atoms. The van der Waals surface area contributed by atoms with E-state index >= 15 is 0 Å². The molecule has 2 aliphatic rings. The fraction of sp³-hybridized carbons (Fsp3) is 1.00. The van der Waals surface area contributed by atoms with E-state index in [1.54, 1.807) is 0 Å². The number of hydrogen-bond donors (Lipinski definition) is 0. The molecular formula is C10H18. The van der Waals surface area contributed by atoms with Gasteiger partial charge in [-0.2, -0.15) is 0 Å². The van der Waals surface area contributed by atoms with Crippen molar-refractivity contribution in [1.82, 2.24) is 0 Å². The second-order valence-corrected chi connectivity index (χ2v) is 4.81. The molecule has 2 rings (SSSR count). The van der Waals surface area contributed by atoms with Crippen LogP contribution in [0.25, 0.3) is 0 Å². The van der Waals surface area contributed by atoms with Gasteiger partial charge in [0.15, 0.2) is 0 Å². The summed E-state index contributed by atoms with van der Waals surface area (Å²) in [6.07, 6.45) is 6.02. The van der Waals surface area contributed by atoms with Crippen LogP contribution in [0.5, 0.6) is 0 Å². The molecule has 2 aliphatic carbocycles. The molecule has 0 aliphatic heterocycles. The number of hydrogen-bond acceptors (Lipinski definition) is 0. The minimum atomic E-state index is 0.684. The van der Waals surface area contributed by atoms with Gasteiger partial charge in [0.25, 0.3) is 0 Å². The Bertz CT molecular complexity index is 149. The Hall–Kier alpha value is 0. The smallest absolute Gasteiger partial charge is 0.0213 e. The van der Waals surface area contributed by atoms with Crippen LogP contribution in [0.15, 0.2) is 0 Å². The Morgan fingerprint density at radius 1 is 1.10 bits per heavy atom. The van der Waals surface area contributed by atoms with Crippen LogP contribution in [0.3, 0.4) is 0 Å². The van der Waals surface area contributed by atoms with Crippen molar-refractivity contribution >= 4 is 0 Å². The van der Waals surface area contributed by atoms with Gasteiger partial charge >= 0.3 is 0 Å². The summed E-state index contributed by atoms with van der Waals surface area (Å²) in [4.78, 5) is 0. The Morgan fingerprint density at radius 2 is 1.50 bits per heavy atom. The number of rotatable bonds is 0. The van der Waals surface area contributed by atoms with E-state index in [-0.39, 0.29) is 0 Å². The first kappa shape index (κ1) is 6.69. The molecule has 0 amide bonds. The minimum Gasteiger partial charge on any atom is -0.0614 e. The Labute approximate surface area is 64.0 Å². The second kappa shape index (κ2) is 1.60. The fourth-order valence-corrected chi connectivity index (χ4v) is 3.31. The van der Waals surface area contributed by atoms with E-state index in [2.05, 4.69) is 20.8 Å². The van der Waals surface area contributed by atoms with Gasteiger partial charge in [-0.1, -0.05) is 33.6 Å². The van der Waals surface area contributed by atoms with Crippen LogP contribution in [0.1, 0.15) is 46.5 Å². The minimum absolute atomic E-state index is 0.684. The molecule has 2 fully saturated rings. The molecule has 1 spiro atoms. The monoisotopic (exact) mass is 138 g/mol. The molecule has 2 saturated carbocycles. The van der Waals surface area contributed by atoms with E-state index < -0.39 is 0 Å². The predicted octanol–water partition coefficient (Wildman–Crippen LogP) is 3.22. The SMILES string of the molecule is CC1C(C)(C)C12CCCC2. The Morgan fingerprint density at radius 3 is 1.70 bits per heavy atom. The molecule has 0 aromatic heterocycles. The normalized spacial score (nSPS) is 40.5. The Balaban J connectivity index is 2.20. The van der Waals surface area contributed by atoms with E-state index in [9.17, 15) is 0 Å². The molecule has 58 valence electrons. The van der Waals surface area contributed by atoms with Crippen molar-refractivity contribution in [3.63, 3.8) is 0 Å². The van der Waals surface area contributed by atoms with E-state index in [0.29, 0.717) is 5.41 Å². The van der Waals surface area contributed by atoms with Crippen LogP contribution in [-0.4, -0.2) is 0 Å². The van der Waals surface area contributed by atoms with Crippen LogP contribution >= 0.6 is 0 Å². The molecule has 10 heavy (non-hydrogen) atoms. The highest BCUT2D eigenvalue weighted by molar-refractivity contribution is 5.16. The lowest BCUT2D eigenvalue weighted by Crippen LogP contribution is -2.01. The summed E-state index contributed by atoms with van der Waals surface area (Å²) in [5.74, 6) is 1.00. The van der Waals surface area contributed by atoms with Gasteiger partial charge in [-0.3, -0.25) is 0 Å². The lowest BCUT2D eigenvalue weighted by Gasteiger charge is -2.10. The maximum absolute atomic E-state index is 2.45. The molecule has 0 nitrogen and oxygen atoms in total. The van der Waals surface area contributed by atoms with Crippen LogP contribution < -0.4 is 0 Å². The van der Waals surface area contributed by atoms with E-state index in [0.717, 1.165) is 11.3 Å². The average Bonchev–Trinajstić information content (AvgIpc) is 2.43. The van der Waals surface area contributed by atoms with Crippen LogP contribution in [-0.2, 0) is 0 Å². The van der Waals surface area contributed by atoms with E-state index in [1.807, 2.05) is 0 Å². The van der Waals surface area contributed by atoms with Crippen LogP contribution in [0, 0.1) is 16.7 Å². The van der Waals surface area contributed by atoms with Crippen molar-refractivity contribution in [2.24, 2.45) is 16.7 Å². The molecule has 0 heterocycles. The third-order valence-corrected chi connectivity index (χ3v) is 4.61. The highest BCUT2D eigenvalue weighted by atomic mass is 14.7. The van der Waals surface area contributed by atoms with E-state index in [1.165, 1.54) is 25.7 Å². The standard InChI is InChI=1S/C10H18/c1-8-9(2,3)10(8)6-4-5-7-10/h8H,4-7H2,1-3H3. The van der Waals surface area contributed by atoms with Gasteiger partial charge < -0.3 is 0 Å². The lowest BCUT2D eigenvalue weighted by molar-refractivity contribution is 0.392. The second-order valence-electron chi connectivity index (χ2n) is 4.81. The van der Waals surface area contributed by atoms with Crippen LogP contribution in [0.2, 0.25) is 0 Å². The molecule has 1 atom stereocenters. The van der Waals surface area contributed by atoms with Gasteiger partial charge in [0.05, 0.1) is 0 Å². The maximum atomic E-state index is 2.45. The quantitative estimate of drug-likeness (QED) is 0.482. The third kappa shape index (κ3) is 0.500. The zero-order valence-corrected chi connectivity index (χ0v) is 7.41. The lowest BCUT2D eigenvalue weighted by atomic mass is 9.94. The van der Waals surface area contributed by atoms with Gasteiger partial charge in [-0.15, -0.1) is 0 Å². The first-order valence-corrected chi connectivity index (χ1v) is 4.61. The van der Waals surface area contributed by atoms with Crippen molar-refractivity contribution in [1.29, 1.82) is 0 Å². The average molecular weight is 138 g/mol. The van der Waals surface area contributed by atoms with Gasteiger partial charge in [0, 0.05) is 0 Å². The highest BCUT2D eigenvalue weighted by Gasteiger charge is 2.67. The summed E-state index contributed by atoms with van der Waals surface area (Å²) in [5, 5.41) is 0. The molecule has 1 unspecified atom stereocenters. The summed E-state index contributed by atoms with van der Waals surface area (Å²) in [6.45, 7) is 7.33. The van der Waals surface area contributed by atoms with Crippen LogP contribution in [0.4, 0.5) is 0 Å². The summed E-state index contributed by atoms with van der Waals surface area (Å²) >= 11 is 0. The molecule has 0 N–H and O–H groups in total. The van der Waals surface area contributed by atoms with Gasteiger partial charge in [-0.05, 0) is 29.6 Å². The van der Waals surface area contributed by atoms with Gasteiger partial charge in [0.1, 0.15) is 0 Å². The van der Waals surface area contributed by atoms with Gasteiger partial charge in [-0.25, -0.2) is 0 Å². The first-order valence-electron chi connectivity index (χ1n) is 4.61. The Kier molecular flexibility index (Phi) is 1.07. The van der Waals surface area contributed by atoms with E-state index in [4.69, 9.17) is 0 Å². The molecule has 0 aromatic rings. The molecular weight excluding hydrogens is 120 g/mol. The zero-order chi connectivity index (χ0) is 7.41. The molecule has 0 aromatic carbocycles. The first-order chi connectivity index (χ1) is 4.61. The highest BCUT2D eigenvalue weighted by Crippen LogP contribution is 2.75. The fourth-order valence-electron chi connectivity index (χ4n) is 3.31. The molecule has 0 saturated heterocycles. The summed E-state index contributed by atoms with van der Waals surface area (Å²) in [5.41, 5.74) is 1.48. The van der Waals surface area contributed by atoms with Crippen molar-refractivity contribution in [3.05, 3.63) is 0 Å². The van der Waals surface area contributed by atoms with Crippen molar-refractivity contribution in [2.45, 2.75) is 46.5 Å². The molecule has 0 radical (unpaired) electrons. The summed E-state index contributed by atoms with van der Waals surface area (Å²) < 4.78 is 0. The third-order valence-electron chi connectivity index (χ3n) is 4.61. The van der Waals surface area contributed by atoms with Gasteiger partial charge in [0.2, 0.25) is 0 Å². The maximum Gasteiger partial charge on any atom is -0.0213 e. The zero-order valence-electron chi connectivity index (χ0n) is 7.41. The van der Waals surface area contributed by atoms with Crippen molar-refractivity contribution in [2.75, 3.05) is 0 Å². The van der Waals surface area contributed by atoms with Crippen molar-refractivity contribution < 1.29 is 0 Å². The summed E-state index contributed by atoms with van der Waals surface area (Å²) in [7, 11) is 0. The largest absolute Gasteiger partial charge is 0.0614 e. The predicted molar refractivity (Wildman–Crippen MR) is 43.8 cm³/mol. The topological polar surface area (TPSA) is 0 Å².